The molecule has 1 aromatic carbocycles. The molecular weight excluding hydrogens is 296 g/mol. The molecule has 0 saturated carbocycles. The number of aliphatic hydroxyl groups excluding tert-OH is 1. The van der Waals surface area contributed by atoms with Crippen molar-refractivity contribution in [2.24, 2.45) is 0 Å². The molecule has 0 aliphatic heterocycles. The van der Waals surface area contributed by atoms with E-state index in [2.05, 4.69) is 21.0 Å². The summed E-state index contributed by atoms with van der Waals surface area (Å²) < 4.78 is 7.77. The molecule has 0 aliphatic carbocycles. The first-order valence-corrected chi connectivity index (χ1v) is 6.49. The van der Waals surface area contributed by atoms with Crippen LogP contribution in [0.2, 0.25) is 0 Å². The summed E-state index contributed by atoms with van der Waals surface area (Å²) in [6.07, 6.45) is 2.86. The van der Waals surface area contributed by atoms with Gasteiger partial charge in [0.25, 0.3) is 0 Å². The van der Waals surface area contributed by atoms with Crippen LogP contribution in [0.15, 0.2) is 35.1 Å². The standard InChI is InChI=1S/C13H15BrN2O2/c1-3-16-8-10(7-15-16)13(17)9-4-5-12(18-2)11(14)6-9/h4-8,13,17H,3H2,1-2H3. The van der Waals surface area contributed by atoms with Gasteiger partial charge in [-0.3, -0.25) is 4.68 Å². The number of nitrogens with zero attached hydrogens (tertiary/aromatic N) is 2. The zero-order valence-corrected chi connectivity index (χ0v) is 11.9. The molecule has 1 unspecified atom stereocenters. The normalized spacial score (nSPS) is 12.4. The van der Waals surface area contributed by atoms with Crippen LogP contribution in [0.1, 0.15) is 24.2 Å². The zero-order chi connectivity index (χ0) is 13.1. The maximum Gasteiger partial charge on any atom is 0.133 e. The average Bonchev–Trinajstić information content (AvgIpc) is 2.86. The second kappa shape index (κ2) is 5.54. The van der Waals surface area contributed by atoms with E-state index in [0.29, 0.717) is 0 Å². The molecule has 1 heterocycles. The molecule has 0 amide bonds. The summed E-state index contributed by atoms with van der Waals surface area (Å²) in [6.45, 7) is 2.80. The minimum atomic E-state index is -0.674. The molecule has 4 nitrogen and oxygen atoms in total. The van der Waals surface area contributed by atoms with Gasteiger partial charge in [0, 0.05) is 18.3 Å². The molecular formula is C13H15BrN2O2. The molecule has 18 heavy (non-hydrogen) atoms. The molecule has 0 radical (unpaired) electrons. The van der Waals surface area contributed by atoms with Crippen molar-refractivity contribution in [3.63, 3.8) is 0 Å². The number of aryl methyl sites for hydroxylation is 1. The summed E-state index contributed by atoms with van der Waals surface area (Å²) >= 11 is 3.41. The Balaban J connectivity index is 2.27. The Bertz CT molecular complexity index is 540. The number of aliphatic hydroxyl groups is 1. The predicted molar refractivity (Wildman–Crippen MR) is 72.7 cm³/mol. The highest BCUT2D eigenvalue weighted by molar-refractivity contribution is 9.10. The minimum Gasteiger partial charge on any atom is -0.496 e. The van der Waals surface area contributed by atoms with E-state index in [-0.39, 0.29) is 0 Å². The molecule has 0 aliphatic rings. The number of methoxy groups -OCH3 is 1. The van der Waals surface area contributed by atoms with Crippen LogP contribution in [0.5, 0.6) is 5.75 Å². The van der Waals surface area contributed by atoms with Gasteiger partial charge >= 0.3 is 0 Å². The molecule has 1 N–H and O–H groups in total. The van der Waals surface area contributed by atoms with E-state index in [1.165, 1.54) is 0 Å². The van der Waals surface area contributed by atoms with Crippen LogP contribution < -0.4 is 4.74 Å². The third-order valence-electron chi connectivity index (χ3n) is 2.78. The van der Waals surface area contributed by atoms with Crippen LogP contribution in [-0.4, -0.2) is 22.0 Å². The van der Waals surface area contributed by atoms with E-state index in [1.807, 2.05) is 31.3 Å². The van der Waals surface area contributed by atoms with Crippen molar-refractivity contribution in [3.05, 3.63) is 46.2 Å². The van der Waals surface area contributed by atoms with E-state index in [4.69, 9.17) is 4.74 Å². The van der Waals surface area contributed by atoms with E-state index in [1.54, 1.807) is 18.0 Å². The largest absolute Gasteiger partial charge is 0.496 e. The highest BCUT2D eigenvalue weighted by Gasteiger charge is 2.14. The number of halogens is 1. The van der Waals surface area contributed by atoms with Crippen LogP contribution in [0.4, 0.5) is 0 Å². The number of aromatic nitrogens is 2. The topological polar surface area (TPSA) is 47.3 Å². The lowest BCUT2D eigenvalue weighted by molar-refractivity contribution is 0.220. The third-order valence-corrected chi connectivity index (χ3v) is 3.40. The molecule has 0 saturated heterocycles. The van der Waals surface area contributed by atoms with Crippen molar-refractivity contribution in [2.45, 2.75) is 19.6 Å². The number of hydrogen-bond acceptors (Lipinski definition) is 3. The fraction of sp³-hybridized carbons (Fsp3) is 0.308. The molecule has 2 rings (SSSR count). The number of ether oxygens (including phenoxy) is 1. The molecule has 0 fully saturated rings. The Hall–Kier alpha value is -1.33. The van der Waals surface area contributed by atoms with E-state index in [9.17, 15) is 5.11 Å². The second-order valence-corrected chi connectivity index (χ2v) is 4.78. The zero-order valence-electron chi connectivity index (χ0n) is 10.3. The summed E-state index contributed by atoms with van der Waals surface area (Å²) in [5, 5.41) is 14.4. The molecule has 2 aromatic rings. The Morgan fingerprint density at radius 1 is 1.44 bits per heavy atom. The van der Waals surface area contributed by atoms with Gasteiger partial charge in [0.1, 0.15) is 11.9 Å². The van der Waals surface area contributed by atoms with Crippen LogP contribution >= 0.6 is 15.9 Å². The first kappa shape index (κ1) is 13.1. The van der Waals surface area contributed by atoms with Gasteiger partial charge in [0.05, 0.1) is 17.8 Å². The lowest BCUT2D eigenvalue weighted by Gasteiger charge is -2.11. The van der Waals surface area contributed by atoms with E-state index >= 15 is 0 Å². The van der Waals surface area contributed by atoms with E-state index < -0.39 is 6.10 Å². The monoisotopic (exact) mass is 310 g/mol. The number of rotatable bonds is 4. The summed E-state index contributed by atoms with van der Waals surface area (Å²) in [4.78, 5) is 0. The highest BCUT2D eigenvalue weighted by atomic mass is 79.9. The minimum absolute atomic E-state index is 0.674. The van der Waals surface area contributed by atoms with Gasteiger partial charge in [-0.15, -0.1) is 0 Å². The number of benzene rings is 1. The summed E-state index contributed by atoms with van der Waals surface area (Å²) in [5.74, 6) is 0.746. The van der Waals surface area contributed by atoms with Gasteiger partial charge in [-0.25, -0.2) is 0 Å². The van der Waals surface area contributed by atoms with Crippen LogP contribution in [0, 0.1) is 0 Å². The van der Waals surface area contributed by atoms with Crippen molar-refractivity contribution < 1.29 is 9.84 Å². The Morgan fingerprint density at radius 3 is 2.78 bits per heavy atom. The molecule has 5 heteroatoms. The molecule has 1 aromatic heterocycles. The van der Waals surface area contributed by atoms with Gasteiger partial charge < -0.3 is 9.84 Å². The first-order chi connectivity index (χ1) is 8.65. The highest BCUT2D eigenvalue weighted by Crippen LogP contribution is 2.30. The van der Waals surface area contributed by atoms with Crippen molar-refractivity contribution in [1.29, 1.82) is 0 Å². The third kappa shape index (κ3) is 2.57. The molecule has 0 spiro atoms. The average molecular weight is 311 g/mol. The van der Waals surface area contributed by atoms with Gasteiger partial charge in [-0.1, -0.05) is 6.07 Å². The summed E-state index contributed by atoms with van der Waals surface area (Å²) in [7, 11) is 1.61. The lowest BCUT2D eigenvalue weighted by atomic mass is 10.0. The van der Waals surface area contributed by atoms with Crippen molar-refractivity contribution in [3.8, 4) is 5.75 Å². The Kier molecular flexibility index (Phi) is 4.04. The summed E-state index contributed by atoms with van der Waals surface area (Å²) in [5.41, 5.74) is 1.59. The lowest BCUT2D eigenvalue weighted by Crippen LogP contribution is -1.99. The van der Waals surface area contributed by atoms with Gasteiger partial charge in [-0.2, -0.15) is 5.10 Å². The van der Waals surface area contributed by atoms with Crippen LogP contribution in [0.25, 0.3) is 0 Å². The van der Waals surface area contributed by atoms with Crippen LogP contribution in [-0.2, 0) is 6.54 Å². The SMILES string of the molecule is CCn1cc(C(O)c2ccc(OC)c(Br)c2)cn1. The maximum absolute atomic E-state index is 10.3. The quantitative estimate of drug-likeness (QED) is 0.944. The molecule has 0 bridgehead atoms. The molecule has 1 atom stereocenters. The van der Waals surface area contributed by atoms with Crippen LogP contribution in [0.3, 0.4) is 0 Å². The summed E-state index contributed by atoms with van der Waals surface area (Å²) in [6, 6.07) is 5.53. The second-order valence-electron chi connectivity index (χ2n) is 3.93. The van der Waals surface area contributed by atoms with Gasteiger partial charge in [0.15, 0.2) is 0 Å². The first-order valence-electron chi connectivity index (χ1n) is 5.69. The van der Waals surface area contributed by atoms with Gasteiger partial charge in [-0.05, 0) is 40.5 Å². The fourth-order valence-corrected chi connectivity index (χ4v) is 2.30. The number of hydrogen-bond donors (Lipinski definition) is 1. The van der Waals surface area contributed by atoms with Crippen molar-refractivity contribution in [1.82, 2.24) is 9.78 Å². The maximum atomic E-state index is 10.3. The van der Waals surface area contributed by atoms with Crippen molar-refractivity contribution >= 4 is 15.9 Å². The molecule has 96 valence electrons. The van der Waals surface area contributed by atoms with Gasteiger partial charge in [0.2, 0.25) is 0 Å². The van der Waals surface area contributed by atoms with E-state index in [0.717, 1.165) is 27.9 Å². The Labute approximate surface area is 114 Å². The fourth-order valence-electron chi connectivity index (χ4n) is 1.74. The van der Waals surface area contributed by atoms with Crippen molar-refractivity contribution in [2.75, 3.05) is 7.11 Å². The Morgan fingerprint density at radius 2 is 2.22 bits per heavy atom. The smallest absolute Gasteiger partial charge is 0.133 e. The predicted octanol–water partition coefficient (Wildman–Crippen LogP) is 2.76.